The third kappa shape index (κ3) is 5.02. The average molecular weight is 429 g/mol. The first-order valence-corrected chi connectivity index (χ1v) is 11.0. The summed E-state index contributed by atoms with van der Waals surface area (Å²) in [7, 11) is 1.78. The lowest BCUT2D eigenvalue weighted by atomic mass is 10.0. The second kappa shape index (κ2) is 9.73. The van der Waals surface area contributed by atoms with Gasteiger partial charge in [-0.3, -0.25) is 14.5 Å². The predicted octanol–water partition coefficient (Wildman–Crippen LogP) is 3.86. The van der Waals surface area contributed by atoms with E-state index >= 15 is 0 Å². The van der Waals surface area contributed by atoms with E-state index in [9.17, 15) is 9.59 Å². The SMILES string of the molecule is Cc1nc(CN(C)C(=O)CCc2ccccc2)nc2c1CCC(=O)N2Cc1ccccc1. The highest BCUT2D eigenvalue weighted by Gasteiger charge is 2.28. The minimum Gasteiger partial charge on any atom is -0.338 e. The Kier molecular flexibility index (Phi) is 6.59. The summed E-state index contributed by atoms with van der Waals surface area (Å²) < 4.78 is 0. The van der Waals surface area contributed by atoms with Crippen LogP contribution in [0, 0.1) is 6.92 Å². The van der Waals surface area contributed by atoms with E-state index in [0.717, 1.165) is 22.4 Å². The third-order valence-electron chi connectivity index (χ3n) is 5.84. The second-order valence-corrected chi connectivity index (χ2v) is 8.23. The summed E-state index contributed by atoms with van der Waals surface area (Å²) in [4.78, 5) is 38.2. The van der Waals surface area contributed by atoms with Crippen LogP contribution >= 0.6 is 0 Å². The quantitative estimate of drug-likeness (QED) is 0.573. The number of anilines is 1. The van der Waals surface area contributed by atoms with Crippen LogP contribution in [0.3, 0.4) is 0 Å². The predicted molar refractivity (Wildman–Crippen MR) is 124 cm³/mol. The molecule has 1 aromatic heterocycles. The minimum absolute atomic E-state index is 0.0463. The summed E-state index contributed by atoms with van der Waals surface area (Å²) in [6.07, 6.45) is 2.25. The molecule has 0 radical (unpaired) electrons. The van der Waals surface area contributed by atoms with Crippen molar-refractivity contribution in [1.29, 1.82) is 0 Å². The number of amides is 2. The number of carbonyl (C=O) groups excluding carboxylic acids is 2. The summed E-state index contributed by atoms with van der Waals surface area (Å²) >= 11 is 0. The molecule has 2 aromatic carbocycles. The molecule has 32 heavy (non-hydrogen) atoms. The number of fused-ring (bicyclic) bond motifs is 1. The number of nitrogens with zero attached hydrogens (tertiary/aromatic N) is 4. The van der Waals surface area contributed by atoms with Gasteiger partial charge in [0, 0.05) is 31.1 Å². The normalized spacial score (nSPS) is 13.1. The summed E-state index contributed by atoms with van der Waals surface area (Å²) in [5, 5.41) is 0. The fourth-order valence-corrected chi connectivity index (χ4v) is 4.03. The molecule has 1 aliphatic rings. The Balaban J connectivity index is 1.50. The lowest BCUT2D eigenvalue weighted by molar-refractivity contribution is -0.130. The second-order valence-electron chi connectivity index (χ2n) is 8.23. The van der Waals surface area contributed by atoms with Crippen molar-refractivity contribution in [3.8, 4) is 0 Å². The number of aromatic nitrogens is 2. The molecule has 164 valence electrons. The van der Waals surface area contributed by atoms with Crippen LogP contribution in [0.15, 0.2) is 60.7 Å². The smallest absolute Gasteiger partial charge is 0.228 e. The molecule has 6 heteroatoms. The number of hydrogen-bond donors (Lipinski definition) is 0. The molecule has 0 atom stereocenters. The van der Waals surface area contributed by atoms with Crippen molar-refractivity contribution in [2.75, 3.05) is 11.9 Å². The van der Waals surface area contributed by atoms with E-state index in [1.165, 1.54) is 0 Å². The molecule has 0 spiro atoms. The first-order valence-electron chi connectivity index (χ1n) is 11.0. The molecule has 1 aliphatic heterocycles. The maximum Gasteiger partial charge on any atom is 0.228 e. The van der Waals surface area contributed by atoms with Gasteiger partial charge in [-0.1, -0.05) is 60.7 Å². The molecule has 0 fully saturated rings. The molecule has 4 rings (SSSR count). The van der Waals surface area contributed by atoms with Gasteiger partial charge in [0.25, 0.3) is 0 Å². The van der Waals surface area contributed by atoms with Gasteiger partial charge in [0.15, 0.2) is 0 Å². The van der Waals surface area contributed by atoms with Gasteiger partial charge >= 0.3 is 0 Å². The van der Waals surface area contributed by atoms with Crippen molar-refractivity contribution in [3.05, 3.63) is 88.9 Å². The molecule has 3 aromatic rings. The Hall–Kier alpha value is -3.54. The molecular formula is C26H28N4O2. The number of aryl methyl sites for hydroxylation is 2. The number of hydrogen-bond acceptors (Lipinski definition) is 4. The maximum atomic E-state index is 12.7. The van der Waals surface area contributed by atoms with E-state index < -0.39 is 0 Å². The summed E-state index contributed by atoms with van der Waals surface area (Å²) in [5.41, 5.74) is 4.09. The van der Waals surface area contributed by atoms with Crippen LogP contribution in [0.1, 0.15) is 41.1 Å². The van der Waals surface area contributed by atoms with Gasteiger partial charge in [-0.2, -0.15) is 0 Å². The highest BCUT2D eigenvalue weighted by molar-refractivity contribution is 5.95. The molecule has 0 bridgehead atoms. The van der Waals surface area contributed by atoms with Crippen molar-refractivity contribution in [3.63, 3.8) is 0 Å². The Bertz CT molecular complexity index is 1100. The number of rotatable bonds is 7. The van der Waals surface area contributed by atoms with E-state index in [-0.39, 0.29) is 11.8 Å². The van der Waals surface area contributed by atoms with Crippen molar-refractivity contribution in [1.82, 2.24) is 14.9 Å². The van der Waals surface area contributed by atoms with Crippen LogP contribution in [-0.2, 0) is 35.5 Å². The van der Waals surface area contributed by atoms with Crippen LogP contribution < -0.4 is 4.90 Å². The van der Waals surface area contributed by atoms with Crippen LogP contribution in [-0.4, -0.2) is 33.7 Å². The van der Waals surface area contributed by atoms with Gasteiger partial charge in [0.1, 0.15) is 11.6 Å². The molecular weight excluding hydrogens is 400 g/mol. The lowest BCUT2D eigenvalue weighted by Gasteiger charge is -2.30. The van der Waals surface area contributed by atoms with Crippen molar-refractivity contribution < 1.29 is 9.59 Å². The van der Waals surface area contributed by atoms with E-state index in [4.69, 9.17) is 4.98 Å². The molecule has 2 heterocycles. The topological polar surface area (TPSA) is 66.4 Å². The fourth-order valence-electron chi connectivity index (χ4n) is 4.03. The minimum atomic E-state index is 0.0463. The fraction of sp³-hybridized carbons (Fsp3) is 0.308. The summed E-state index contributed by atoms with van der Waals surface area (Å²) in [5.74, 6) is 1.35. The van der Waals surface area contributed by atoms with Crippen LogP contribution in [0.4, 0.5) is 5.82 Å². The van der Waals surface area contributed by atoms with Crippen LogP contribution in [0.25, 0.3) is 0 Å². The molecule has 0 saturated carbocycles. The summed E-state index contributed by atoms with van der Waals surface area (Å²) in [6, 6.07) is 19.9. The van der Waals surface area contributed by atoms with E-state index in [1.807, 2.05) is 67.6 Å². The lowest BCUT2D eigenvalue weighted by Crippen LogP contribution is -2.36. The molecule has 0 N–H and O–H groups in total. The highest BCUT2D eigenvalue weighted by Crippen LogP contribution is 2.29. The third-order valence-corrected chi connectivity index (χ3v) is 5.84. The standard InChI is InChI=1S/C26H28N4O2/c1-19-22-14-16-25(32)30(17-21-11-7-4-8-12-21)26(22)28-23(27-19)18-29(2)24(31)15-13-20-9-5-3-6-10-20/h3-12H,13-18H2,1-2H3. The van der Waals surface area contributed by atoms with Crippen LogP contribution in [0.2, 0.25) is 0 Å². The molecule has 0 saturated heterocycles. The van der Waals surface area contributed by atoms with Crippen molar-refractivity contribution in [2.45, 2.75) is 45.7 Å². The Morgan fingerprint density at radius 3 is 2.31 bits per heavy atom. The molecule has 2 amide bonds. The summed E-state index contributed by atoms with van der Waals surface area (Å²) in [6.45, 7) is 2.75. The van der Waals surface area contributed by atoms with Crippen molar-refractivity contribution in [2.24, 2.45) is 0 Å². The highest BCUT2D eigenvalue weighted by atomic mass is 16.2. The Morgan fingerprint density at radius 2 is 1.62 bits per heavy atom. The number of carbonyl (C=O) groups is 2. The molecule has 0 unspecified atom stereocenters. The van der Waals surface area contributed by atoms with E-state index in [0.29, 0.717) is 50.4 Å². The van der Waals surface area contributed by atoms with Crippen LogP contribution in [0.5, 0.6) is 0 Å². The average Bonchev–Trinajstić information content (AvgIpc) is 2.80. The largest absolute Gasteiger partial charge is 0.338 e. The zero-order valence-electron chi connectivity index (χ0n) is 18.6. The first kappa shape index (κ1) is 21.7. The first-order chi connectivity index (χ1) is 15.5. The van der Waals surface area contributed by atoms with Gasteiger partial charge in [0.05, 0.1) is 13.1 Å². The van der Waals surface area contributed by atoms with Gasteiger partial charge in [-0.15, -0.1) is 0 Å². The van der Waals surface area contributed by atoms with Gasteiger partial charge < -0.3 is 4.90 Å². The van der Waals surface area contributed by atoms with Gasteiger partial charge in [-0.05, 0) is 30.9 Å². The molecule has 6 nitrogen and oxygen atoms in total. The van der Waals surface area contributed by atoms with E-state index in [2.05, 4.69) is 4.98 Å². The number of benzene rings is 2. The van der Waals surface area contributed by atoms with Gasteiger partial charge in [0.2, 0.25) is 11.8 Å². The zero-order valence-corrected chi connectivity index (χ0v) is 18.6. The maximum absolute atomic E-state index is 12.7. The molecule has 0 aliphatic carbocycles. The zero-order chi connectivity index (χ0) is 22.5. The van der Waals surface area contributed by atoms with E-state index in [1.54, 1.807) is 16.8 Å². The Morgan fingerprint density at radius 1 is 0.969 bits per heavy atom. The Labute approximate surface area is 188 Å². The monoisotopic (exact) mass is 428 g/mol. The van der Waals surface area contributed by atoms with Gasteiger partial charge in [-0.25, -0.2) is 9.97 Å². The van der Waals surface area contributed by atoms with Crippen molar-refractivity contribution >= 4 is 17.6 Å².